The van der Waals surface area contributed by atoms with Crippen LogP contribution in [0.3, 0.4) is 0 Å². The van der Waals surface area contributed by atoms with Crippen molar-refractivity contribution in [2.45, 2.75) is 25.5 Å². The Hall–Kier alpha value is -2.71. The first-order chi connectivity index (χ1) is 11.0. The summed E-state index contributed by atoms with van der Waals surface area (Å²) in [5.41, 5.74) is 2.54. The molecule has 1 saturated carbocycles. The SMILES string of the molecule is COc1cc(/C=N\NC(=O)C(=O)NC2CC2)ccc1OC(F)F. The van der Waals surface area contributed by atoms with Crippen LogP contribution in [-0.2, 0) is 9.59 Å². The molecular formula is C14H15F2N3O4. The van der Waals surface area contributed by atoms with Crippen LogP contribution in [0.25, 0.3) is 0 Å². The lowest BCUT2D eigenvalue weighted by molar-refractivity contribution is -0.139. The normalized spacial score (nSPS) is 13.9. The number of hydrogen-bond donors (Lipinski definition) is 2. The van der Waals surface area contributed by atoms with Crippen molar-refractivity contribution < 1.29 is 27.8 Å². The van der Waals surface area contributed by atoms with Crippen LogP contribution >= 0.6 is 0 Å². The minimum Gasteiger partial charge on any atom is -0.493 e. The number of halogens is 2. The lowest BCUT2D eigenvalue weighted by Gasteiger charge is -2.09. The van der Waals surface area contributed by atoms with Gasteiger partial charge in [-0.25, -0.2) is 5.43 Å². The summed E-state index contributed by atoms with van der Waals surface area (Å²) < 4.78 is 33.6. The fourth-order valence-corrected chi connectivity index (χ4v) is 1.65. The zero-order valence-electron chi connectivity index (χ0n) is 12.2. The third kappa shape index (κ3) is 5.20. The van der Waals surface area contributed by atoms with Gasteiger partial charge in [-0.15, -0.1) is 0 Å². The minimum atomic E-state index is -2.97. The Labute approximate surface area is 130 Å². The highest BCUT2D eigenvalue weighted by atomic mass is 19.3. The number of nitrogens with zero attached hydrogens (tertiary/aromatic N) is 1. The number of nitrogens with one attached hydrogen (secondary N) is 2. The highest BCUT2D eigenvalue weighted by molar-refractivity contribution is 6.35. The van der Waals surface area contributed by atoms with Crippen molar-refractivity contribution in [2.24, 2.45) is 5.10 Å². The van der Waals surface area contributed by atoms with E-state index in [0.717, 1.165) is 12.8 Å². The van der Waals surface area contributed by atoms with E-state index >= 15 is 0 Å². The molecule has 0 atom stereocenters. The molecule has 23 heavy (non-hydrogen) atoms. The zero-order chi connectivity index (χ0) is 16.8. The van der Waals surface area contributed by atoms with Crippen LogP contribution in [0.1, 0.15) is 18.4 Å². The number of amides is 2. The molecule has 1 aliphatic carbocycles. The first-order valence-electron chi connectivity index (χ1n) is 6.76. The number of ether oxygens (including phenoxy) is 2. The van der Waals surface area contributed by atoms with E-state index in [0.29, 0.717) is 5.56 Å². The van der Waals surface area contributed by atoms with Gasteiger partial charge in [-0.05, 0) is 36.6 Å². The van der Waals surface area contributed by atoms with E-state index in [9.17, 15) is 18.4 Å². The average Bonchev–Trinajstić information content (AvgIpc) is 3.31. The van der Waals surface area contributed by atoms with Gasteiger partial charge in [0.05, 0.1) is 13.3 Å². The van der Waals surface area contributed by atoms with Gasteiger partial charge in [0.2, 0.25) is 0 Å². The number of hydrogen-bond acceptors (Lipinski definition) is 5. The van der Waals surface area contributed by atoms with Gasteiger partial charge >= 0.3 is 18.4 Å². The molecule has 1 aromatic carbocycles. The molecule has 0 heterocycles. The quantitative estimate of drug-likeness (QED) is 0.464. The Morgan fingerprint density at radius 2 is 2.04 bits per heavy atom. The number of carbonyl (C=O) groups is 2. The van der Waals surface area contributed by atoms with Crippen LogP contribution in [0.5, 0.6) is 11.5 Å². The Morgan fingerprint density at radius 3 is 2.65 bits per heavy atom. The van der Waals surface area contributed by atoms with E-state index in [1.54, 1.807) is 0 Å². The maximum atomic E-state index is 12.2. The van der Waals surface area contributed by atoms with Crippen LogP contribution in [-0.4, -0.2) is 37.8 Å². The van der Waals surface area contributed by atoms with Gasteiger partial charge in [-0.3, -0.25) is 9.59 Å². The Morgan fingerprint density at radius 1 is 1.30 bits per heavy atom. The molecule has 0 bridgehead atoms. The molecule has 1 aromatic rings. The van der Waals surface area contributed by atoms with Crippen molar-refractivity contribution in [2.75, 3.05) is 7.11 Å². The second kappa shape index (κ2) is 7.52. The monoisotopic (exact) mass is 327 g/mol. The van der Waals surface area contributed by atoms with Crippen LogP contribution in [0.15, 0.2) is 23.3 Å². The van der Waals surface area contributed by atoms with Gasteiger partial charge in [0, 0.05) is 6.04 Å². The fourth-order valence-electron chi connectivity index (χ4n) is 1.65. The van der Waals surface area contributed by atoms with Crippen LogP contribution in [0.4, 0.5) is 8.78 Å². The molecule has 9 heteroatoms. The smallest absolute Gasteiger partial charge is 0.387 e. The molecule has 0 aromatic heterocycles. The van der Waals surface area contributed by atoms with E-state index in [4.69, 9.17) is 4.74 Å². The summed E-state index contributed by atoms with van der Waals surface area (Å²) in [4.78, 5) is 22.8. The second-order valence-corrected chi connectivity index (χ2v) is 4.74. The Balaban J connectivity index is 1.93. The first kappa shape index (κ1) is 16.7. The fraction of sp³-hybridized carbons (Fsp3) is 0.357. The molecular weight excluding hydrogens is 312 g/mol. The zero-order valence-corrected chi connectivity index (χ0v) is 12.2. The molecule has 7 nitrogen and oxygen atoms in total. The molecule has 0 saturated heterocycles. The van der Waals surface area contributed by atoms with E-state index in [1.165, 1.54) is 31.5 Å². The summed E-state index contributed by atoms with van der Waals surface area (Å²) in [5.74, 6) is -1.65. The minimum absolute atomic E-state index is 0.0730. The maximum absolute atomic E-state index is 12.2. The lowest BCUT2D eigenvalue weighted by Crippen LogP contribution is -2.38. The molecule has 0 aliphatic heterocycles. The van der Waals surface area contributed by atoms with E-state index in [1.807, 2.05) is 0 Å². The Bertz CT molecular complexity index is 618. The number of alkyl halides is 2. The van der Waals surface area contributed by atoms with Gasteiger partial charge < -0.3 is 14.8 Å². The van der Waals surface area contributed by atoms with Crippen molar-refractivity contribution in [3.8, 4) is 11.5 Å². The lowest BCUT2D eigenvalue weighted by atomic mass is 10.2. The van der Waals surface area contributed by atoms with Gasteiger partial charge in [0.25, 0.3) is 0 Å². The number of methoxy groups -OCH3 is 1. The standard InChI is InChI=1S/C14H15F2N3O4/c1-22-11-6-8(2-5-10(11)23-14(15)16)7-17-19-13(21)12(20)18-9-3-4-9/h2,5-7,9,14H,3-4H2,1H3,(H,18,20)(H,19,21)/b17-7-. The topological polar surface area (TPSA) is 89.0 Å². The number of benzene rings is 1. The molecule has 0 spiro atoms. The molecule has 0 radical (unpaired) electrons. The number of rotatable bonds is 6. The van der Waals surface area contributed by atoms with Gasteiger partial charge in [0.1, 0.15) is 0 Å². The van der Waals surface area contributed by atoms with E-state index < -0.39 is 18.4 Å². The largest absolute Gasteiger partial charge is 0.493 e. The predicted molar refractivity (Wildman–Crippen MR) is 76.5 cm³/mol. The molecule has 2 rings (SSSR count). The first-order valence-corrected chi connectivity index (χ1v) is 6.76. The van der Waals surface area contributed by atoms with Crippen molar-refractivity contribution in [3.05, 3.63) is 23.8 Å². The van der Waals surface area contributed by atoms with E-state index in [-0.39, 0.29) is 17.5 Å². The molecule has 1 aliphatic rings. The van der Waals surface area contributed by atoms with Gasteiger partial charge in [-0.1, -0.05) is 0 Å². The van der Waals surface area contributed by atoms with Gasteiger partial charge in [0.15, 0.2) is 11.5 Å². The predicted octanol–water partition coefficient (Wildman–Crippen LogP) is 1.03. The van der Waals surface area contributed by atoms with Crippen LogP contribution in [0, 0.1) is 0 Å². The third-order valence-corrected chi connectivity index (χ3v) is 2.90. The average molecular weight is 327 g/mol. The highest BCUT2D eigenvalue weighted by Gasteiger charge is 2.26. The molecule has 2 N–H and O–H groups in total. The summed E-state index contributed by atoms with van der Waals surface area (Å²) in [7, 11) is 1.30. The van der Waals surface area contributed by atoms with Crippen LogP contribution < -0.4 is 20.2 Å². The summed E-state index contributed by atoms with van der Waals surface area (Å²) in [6.45, 7) is -2.97. The third-order valence-electron chi connectivity index (χ3n) is 2.90. The summed E-state index contributed by atoms with van der Waals surface area (Å²) in [6, 6.07) is 4.20. The Kier molecular flexibility index (Phi) is 5.45. The summed E-state index contributed by atoms with van der Waals surface area (Å²) >= 11 is 0. The highest BCUT2D eigenvalue weighted by Crippen LogP contribution is 2.28. The van der Waals surface area contributed by atoms with Crippen molar-refractivity contribution >= 4 is 18.0 Å². The summed E-state index contributed by atoms with van der Waals surface area (Å²) in [6.07, 6.45) is 2.99. The van der Waals surface area contributed by atoms with Crippen molar-refractivity contribution in [3.63, 3.8) is 0 Å². The number of carbonyl (C=O) groups excluding carboxylic acids is 2. The number of hydrazone groups is 1. The van der Waals surface area contributed by atoms with Crippen molar-refractivity contribution in [1.82, 2.24) is 10.7 Å². The summed E-state index contributed by atoms with van der Waals surface area (Å²) in [5, 5.41) is 6.14. The van der Waals surface area contributed by atoms with Gasteiger partial charge in [-0.2, -0.15) is 13.9 Å². The molecule has 1 fully saturated rings. The van der Waals surface area contributed by atoms with E-state index in [2.05, 4.69) is 20.6 Å². The molecule has 124 valence electrons. The van der Waals surface area contributed by atoms with Crippen molar-refractivity contribution in [1.29, 1.82) is 0 Å². The maximum Gasteiger partial charge on any atom is 0.387 e. The van der Waals surface area contributed by atoms with Crippen LogP contribution in [0.2, 0.25) is 0 Å². The molecule has 2 amide bonds. The second-order valence-electron chi connectivity index (χ2n) is 4.74. The molecule has 0 unspecified atom stereocenters.